The van der Waals surface area contributed by atoms with Crippen molar-refractivity contribution in [3.63, 3.8) is 0 Å². The first kappa shape index (κ1) is 24.0. The van der Waals surface area contributed by atoms with E-state index >= 15 is 0 Å². The molecule has 0 atom stereocenters. The maximum absolute atomic E-state index is 13.2. The topological polar surface area (TPSA) is 101 Å². The van der Waals surface area contributed by atoms with Crippen molar-refractivity contribution in [3.8, 4) is 10.4 Å². The molecule has 0 unspecified atom stereocenters. The van der Waals surface area contributed by atoms with Gasteiger partial charge in [0, 0.05) is 22.4 Å². The van der Waals surface area contributed by atoms with E-state index in [-0.39, 0.29) is 30.5 Å². The Bertz CT molecular complexity index is 1450. The van der Waals surface area contributed by atoms with Gasteiger partial charge in [-0.15, -0.1) is 11.3 Å². The number of rotatable bonds is 8. The number of anilines is 2. The first-order valence-electron chi connectivity index (χ1n) is 11.3. The van der Waals surface area contributed by atoms with E-state index in [4.69, 9.17) is 5.73 Å². The molecule has 0 bridgehead atoms. The summed E-state index contributed by atoms with van der Waals surface area (Å²) in [6.07, 6.45) is 3.77. The summed E-state index contributed by atoms with van der Waals surface area (Å²) in [5.41, 5.74) is 6.93. The van der Waals surface area contributed by atoms with Crippen LogP contribution in [0.15, 0.2) is 88.5 Å². The summed E-state index contributed by atoms with van der Waals surface area (Å²) in [6.45, 7) is 2.36. The van der Waals surface area contributed by atoms with E-state index in [0.29, 0.717) is 6.42 Å². The lowest BCUT2D eigenvalue weighted by atomic mass is 10.2. The lowest BCUT2D eigenvalue weighted by molar-refractivity contribution is -0.114. The Morgan fingerprint density at radius 2 is 1.71 bits per heavy atom. The van der Waals surface area contributed by atoms with Crippen LogP contribution < -0.4 is 21.9 Å². The lowest BCUT2D eigenvalue weighted by Gasteiger charge is -2.23. The second-order valence-electron chi connectivity index (χ2n) is 7.96. The predicted molar refractivity (Wildman–Crippen MR) is 143 cm³/mol. The molecule has 0 aliphatic carbocycles. The smallest absolute Gasteiger partial charge is 0.330 e. The normalized spacial score (nSPS) is 11.1. The number of H-pyrrole nitrogens is 1. The highest BCUT2D eigenvalue weighted by atomic mass is 32.1. The molecule has 1 amide bonds. The highest BCUT2D eigenvalue weighted by molar-refractivity contribution is 7.16. The van der Waals surface area contributed by atoms with Crippen molar-refractivity contribution in [2.75, 3.05) is 17.2 Å². The van der Waals surface area contributed by atoms with Gasteiger partial charge in [0.1, 0.15) is 5.82 Å². The SMILES string of the molecule is CCCN(C(=O)/C=C/c1ccc(-c2ccccc2)s1)c1c(N)n(Cc2ccccc2)c(=O)[nH]c1=O. The fraction of sp³-hybridized carbons (Fsp3) is 0.148. The zero-order valence-corrected chi connectivity index (χ0v) is 20.1. The minimum Gasteiger partial charge on any atom is -0.383 e. The Morgan fingerprint density at radius 3 is 2.40 bits per heavy atom. The molecule has 0 saturated carbocycles. The van der Waals surface area contributed by atoms with Crippen LogP contribution in [0.25, 0.3) is 16.5 Å². The summed E-state index contributed by atoms with van der Waals surface area (Å²) < 4.78 is 1.27. The fourth-order valence-corrected chi connectivity index (χ4v) is 4.68. The summed E-state index contributed by atoms with van der Waals surface area (Å²) in [6, 6.07) is 23.3. The molecule has 0 fully saturated rings. The highest BCUT2D eigenvalue weighted by Crippen LogP contribution is 2.28. The third-order valence-corrected chi connectivity index (χ3v) is 6.56. The van der Waals surface area contributed by atoms with Crippen molar-refractivity contribution in [1.29, 1.82) is 0 Å². The number of nitrogen functional groups attached to an aromatic ring is 1. The number of carbonyl (C=O) groups is 1. The molecule has 2 heterocycles. The number of nitrogens with two attached hydrogens (primary N) is 1. The molecule has 3 N–H and O–H groups in total. The van der Waals surface area contributed by atoms with Crippen LogP contribution in [0.5, 0.6) is 0 Å². The van der Waals surface area contributed by atoms with E-state index in [1.165, 1.54) is 15.5 Å². The van der Waals surface area contributed by atoms with Crippen molar-refractivity contribution in [2.24, 2.45) is 0 Å². The molecule has 0 saturated heterocycles. The van der Waals surface area contributed by atoms with Crippen LogP contribution in [0.1, 0.15) is 23.8 Å². The number of carbonyl (C=O) groups excluding carboxylic acids is 1. The van der Waals surface area contributed by atoms with Gasteiger partial charge in [-0.2, -0.15) is 0 Å². The van der Waals surface area contributed by atoms with Gasteiger partial charge >= 0.3 is 5.69 Å². The monoisotopic (exact) mass is 486 g/mol. The number of amides is 1. The number of aromatic nitrogens is 2. The largest absolute Gasteiger partial charge is 0.383 e. The maximum Gasteiger partial charge on any atom is 0.330 e. The number of hydrogen-bond acceptors (Lipinski definition) is 5. The van der Waals surface area contributed by atoms with Crippen molar-refractivity contribution < 1.29 is 4.79 Å². The van der Waals surface area contributed by atoms with E-state index in [2.05, 4.69) is 4.98 Å². The van der Waals surface area contributed by atoms with Crippen LogP contribution in [-0.2, 0) is 11.3 Å². The Labute approximate surface area is 206 Å². The minimum absolute atomic E-state index is 0.0202. The number of benzene rings is 2. The molecule has 0 radical (unpaired) electrons. The van der Waals surface area contributed by atoms with E-state index in [1.54, 1.807) is 17.4 Å². The van der Waals surface area contributed by atoms with E-state index in [9.17, 15) is 14.4 Å². The summed E-state index contributed by atoms with van der Waals surface area (Å²) >= 11 is 1.57. The number of hydrogen-bond donors (Lipinski definition) is 2. The van der Waals surface area contributed by atoms with Gasteiger partial charge in [0.25, 0.3) is 11.5 Å². The minimum atomic E-state index is -0.686. The third kappa shape index (κ3) is 5.50. The molecule has 2 aromatic carbocycles. The van der Waals surface area contributed by atoms with Gasteiger partial charge in [-0.3, -0.25) is 19.1 Å². The molecule has 0 aliphatic heterocycles. The van der Waals surface area contributed by atoms with Crippen LogP contribution in [-0.4, -0.2) is 22.0 Å². The first-order chi connectivity index (χ1) is 17.0. The van der Waals surface area contributed by atoms with Crippen LogP contribution in [0.3, 0.4) is 0 Å². The Kier molecular flexibility index (Phi) is 7.42. The summed E-state index contributed by atoms with van der Waals surface area (Å²) in [5.74, 6) is -0.427. The van der Waals surface area contributed by atoms with E-state index in [1.807, 2.05) is 79.7 Å². The average molecular weight is 487 g/mol. The van der Waals surface area contributed by atoms with Crippen LogP contribution in [0.4, 0.5) is 11.5 Å². The van der Waals surface area contributed by atoms with Gasteiger partial charge < -0.3 is 10.6 Å². The molecule has 7 nitrogen and oxygen atoms in total. The quantitative estimate of drug-likeness (QED) is 0.362. The molecule has 4 rings (SSSR count). The second kappa shape index (κ2) is 10.8. The Morgan fingerprint density at radius 1 is 1.03 bits per heavy atom. The van der Waals surface area contributed by atoms with Gasteiger partial charge in [-0.05, 0) is 35.8 Å². The third-order valence-electron chi connectivity index (χ3n) is 5.46. The Balaban J connectivity index is 1.63. The summed E-state index contributed by atoms with van der Waals surface area (Å²) in [4.78, 5) is 44.1. The molecular formula is C27H26N4O3S. The van der Waals surface area contributed by atoms with E-state index < -0.39 is 11.2 Å². The molecule has 0 spiro atoms. The predicted octanol–water partition coefficient (Wildman–Crippen LogP) is 4.35. The number of thiophene rings is 1. The van der Waals surface area contributed by atoms with Crippen LogP contribution in [0, 0.1) is 0 Å². The highest BCUT2D eigenvalue weighted by Gasteiger charge is 2.22. The molecule has 2 aromatic heterocycles. The Hall–Kier alpha value is -4.17. The summed E-state index contributed by atoms with van der Waals surface area (Å²) in [7, 11) is 0. The molecule has 35 heavy (non-hydrogen) atoms. The number of nitrogens with zero attached hydrogens (tertiary/aromatic N) is 2. The van der Waals surface area contributed by atoms with Crippen LogP contribution in [0.2, 0.25) is 0 Å². The zero-order chi connectivity index (χ0) is 24.8. The molecule has 0 aliphatic rings. The van der Waals surface area contributed by atoms with E-state index in [0.717, 1.165) is 20.9 Å². The van der Waals surface area contributed by atoms with Gasteiger partial charge in [0.05, 0.1) is 6.54 Å². The summed E-state index contributed by atoms with van der Waals surface area (Å²) in [5, 5.41) is 0. The number of nitrogens with one attached hydrogen (secondary N) is 1. The van der Waals surface area contributed by atoms with Crippen molar-refractivity contribution in [3.05, 3.63) is 110 Å². The average Bonchev–Trinajstić information content (AvgIpc) is 3.35. The first-order valence-corrected chi connectivity index (χ1v) is 12.1. The maximum atomic E-state index is 13.2. The van der Waals surface area contributed by atoms with Gasteiger partial charge in [-0.1, -0.05) is 67.6 Å². The fourth-order valence-electron chi connectivity index (χ4n) is 3.76. The zero-order valence-electron chi connectivity index (χ0n) is 19.3. The van der Waals surface area contributed by atoms with Gasteiger partial charge in [0.15, 0.2) is 5.69 Å². The van der Waals surface area contributed by atoms with Crippen LogP contribution >= 0.6 is 11.3 Å². The van der Waals surface area contributed by atoms with Gasteiger partial charge in [0.2, 0.25) is 0 Å². The molecule has 4 aromatic rings. The molecule has 8 heteroatoms. The molecular weight excluding hydrogens is 460 g/mol. The van der Waals surface area contributed by atoms with Crippen molar-refractivity contribution in [1.82, 2.24) is 9.55 Å². The van der Waals surface area contributed by atoms with Crippen molar-refractivity contribution >= 4 is 34.8 Å². The number of aromatic amines is 1. The van der Waals surface area contributed by atoms with Crippen molar-refractivity contribution in [2.45, 2.75) is 19.9 Å². The lowest BCUT2D eigenvalue weighted by Crippen LogP contribution is -2.41. The standard InChI is InChI=1S/C27H26N4O3S/c1-2-17-30(23(32)16-14-21-13-15-22(35-21)20-11-7-4-8-12-20)24-25(28)31(27(34)29-26(24)33)18-19-9-5-3-6-10-19/h3-16H,2,17-18,28H2,1H3,(H,29,33,34)/b16-14+. The molecule has 178 valence electrons. The second-order valence-corrected chi connectivity index (χ2v) is 9.07. The van der Waals surface area contributed by atoms with Gasteiger partial charge in [-0.25, -0.2) is 4.79 Å².